The monoisotopic (exact) mass is 233 g/mol. The van der Waals surface area contributed by atoms with Crippen LogP contribution in [-0.4, -0.2) is 6.04 Å². The first-order valence-electron chi connectivity index (χ1n) is 6.22. The minimum atomic E-state index is -0.248. The highest BCUT2D eigenvalue weighted by Gasteiger charge is 2.15. The predicted molar refractivity (Wildman–Crippen MR) is 65.3 cm³/mol. The molecule has 1 aliphatic carbocycles. The van der Waals surface area contributed by atoms with Gasteiger partial charge < -0.3 is 9.73 Å². The van der Waals surface area contributed by atoms with Crippen molar-refractivity contribution in [2.75, 3.05) is 0 Å². The van der Waals surface area contributed by atoms with Crippen LogP contribution >= 0.6 is 0 Å². The predicted octanol–water partition coefficient (Wildman–Crippen LogP) is 3.60. The Kier molecular flexibility index (Phi) is 2.85. The maximum absolute atomic E-state index is 13.0. The van der Waals surface area contributed by atoms with E-state index in [0.29, 0.717) is 11.6 Å². The van der Waals surface area contributed by atoms with Gasteiger partial charge in [-0.25, -0.2) is 4.39 Å². The van der Waals surface area contributed by atoms with Crippen molar-refractivity contribution in [3.63, 3.8) is 0 Å². The topological polar surface area (TPSA) is 25.2 Å². The van der Waals surface area contributed by atoms with Gasteiger partial charge in [0.25, 0.3) is 0 Å². The maximum Gasteiger partial charge on any atom is 0.137 e. The molecule has 0 saturated heterocycles. The van der Waals surface area contributed by atoms with Gasteiger partial charge in [0, 0.05) is 29.6 Å². The molecule has 0 radical (unpaired) electrons. The van der Waals surface area contributed by atoms with E-state index in [4.69, 9.17) is 4.42 Å². The lowest BCUT2D eigenvalue weighted by atomic mass is 10.1. The van der Waals surface area contributed by atoms with E-state index >= 15 is 0 Å². The first kappa shape index (κ1) is 10.8. The van der Waals surface area contributed by atoms with E-state index in [-0.39, 0.29) is 5.82 Å². The summed E-state index contributed by atoms with van der Waals surface area (Å²) in [6.07, 6.45) is 6.92. The number of furan rings is 1. The minimum absolute atomic E-state index is 0.248. The Balaban J connectivity index is 1.76. The van der Waals surface area contributed by atoms with E-state index < -0.39 is 0 Å². The number of rotatable bonds is 3. The summed E-state index contributed by atoms with van der Waals surface area (Å²) < 4.78 is 18.4. The standard InChI is InChI=1S/C14H16FNO/c15-11-5-6-13-10(9-17-14(13)7-11)8-16-12-3-1-2-4-12/h5-7,9,12,16H,1-4,8H2. The van der Waals surface area contributed by atoms with E-state index in [1.807, 2.05) is 0 Å². The van der Waals surface area contributed by atoms with Gasteiger partial charge in [0.1, 0.15) is 11.4 Å². The summed E-state index contributed by atoms with van der Waals surface area (Å²) in [7, 11) is 0. The van der Waals surface area contributed by atoms with Crippen molar-refractivity contribution in [3.05, 3.63) is 35.8 Å². The normalized spacial score (nSPS) is 17.0. The first-order chi connectivity index (χ1) is 8.33. The summed E-state index contributed by atoms with van der Waals surface area (Å²) in [6.45, 7) is 0.809. The second-order valence-electron chi connectivity index (χ2n) is 4.76. The van der Waals surface area contributed by atoms with Crippen molar-refractivity contribution in [2.45, 2.75) is 38.3 Å². The summed E-state index contributed by atoms with van der Waals surface area (Å²) in [5.74, 6) is -0.248. The van der Waals surface area contributed by atoms with Gasteiger partial charge in [-0.05, 0) is 25.0 Å². The molecule has 17 heavy (non-hydrogen) atoms. The Labute approximate surface area is 99.8 Å². The van der Waals surface area contributed by atoms with Gasteiger partial charge in [-0.1, -0.05) is 12.8 Å². The van der Waals surface area contributed by atoms with Crippen LogP contribution in [0.2, 0.25) is 0 Å². The second-order valence-corrected chi connectivity index (χ2v) is 4.76. The Morgan fingerprint density at radius 1 is 1.29 bits per heavy atom. The molecule has 0 bridgehead atoms. The molecular weight excluding hydrogens is 217 g/mol. The van der Waals surface area contributed by atoms with Crippen molar-refractivity contribution in [1.29, 1.82) is 0 Å². The Hall–Kier alpha value is -1.35. The van der Waals surface area contributed by atoms with Gasteiger partial charge in [0.2, 0.25) is 0 Å². The van der Waals surface area contributed by atoms with Crippen LogP contribution in [0.15, 0.2) is 28.9 Å². The number of hydrogen-bond donors (Lipinski definition) is 1. The number of halogens is 1. The molecule has 1 saturated carbocycles. The highest BCUT2D eigenvalue weighted by atomic mass is 19.1. The largest absolute Gasteiger partial charge is 0.464 e. The zero-order valence-corrected chi connectivity index (χ0v) is 9.71. The number of benzene rings is 1. The molecule has 0 amide bonds. The van der Waals surface area contributed by atoms with Gasteiger partial charge in [-0.2, -0.15) is 0 Å². The van der Waals surface area contributed by atoms with Crippen molar-refractivity contribution in [1.82, 2.24) is 5.32 Å². The Bertz CT molecular complexity index is 514. The third-order valence-electron chi connectivity index (χ3n) is 3.55. The van der Waals surface area contributed by atoms with E-state index in [1.54, 1.807) is 12.3 Å². The molecule has 0 aliphatic heterocycles. The molecule has 1 fully saturated rings. The van der Waals surface area contributed by atoms with Gasteiger partial charge in [0.05, 0.1) is 6.26 Å². The van der Waals surface area contributed by atoms with Crippen LogP contribution in [0.5, 0.6) is 0 Å². The Morgan fingerprint density at radius 2 is 2.12 bits per heavy atom. The summed E-state index contributed by atoms with van der Waals surface area (Å²) in [5, 5.41) is 4.55. The van der Waals surface area contributed by atoms with Crippen LogP contribution in [0.4, 0.5) is 4.39 Å². The summed E-state index contributed by atoms with van der Waals surface area (Å²) in [4.78, 5) is 0. The van der Waals surface area contributed by atoms with Crippen molar-refractivity contribution < 1.29 is 8.81 Å². The molecule has 90 valence electrons. The lowest BCUT2D eigenvalue weighted by Crippen LogP contribution is -2.25. The molecule has 1 N–H and O–H groups in total. The molecular formula is C14H16FNO. The van der Waals surface area contributed by atoms with Crippen LogP contribution in [0.25, 0.3) is 11.0 Å². The van der Waals surface area contributed by atoms with Gasteiger partial charge in [0.15, 0.2) is 0 Å². The average molecular weight is 233 g/mol. The summed E-state index contributed by atoms with van der Waals surface area (Å²) in [5.41, 5.74) is 1.75. The summed E-state index contributed by atoms with van der Waals surface area (Å²) >= 11 is 0. The van der Waals surface area contributed by atoms with Crippen LogP contribution < -0.4 is 5.32 Å². The molecule has 0 spiro atoms. The molecule has 2 nitrogen and oxygen atoms in total. The molecule has 0 unspecified atom stereocenters. The molecule has 1 aliphatic rings. The molecule has 3 heteroatoms. The molecule has 1 aromatic heterocycles. The fourth-order valence-corrected chi connectivity index (χ4v) is 2.58. The lowest BCUT2D eigenvalue weighted by molar-refractivity contribution is 0.520. The second kappa shape index (κ2) is 4.49. The molecule has 1 aromatic carbocycles. The third kappa shape index (κ3) is 2.20. The van der Waals surface area contributed by atoms with Gasteiger partial charge in [-0.15, -0.1) is 0 Å². The van der Waals surface area contributed by atoms with Crippen LogP contribution in [0, 0.1) is 5.82 Å². The Morgan fingerprint density at radius 3 is 2.94 bits per heavy atom. The molecule has 0 atom stereocenters. The lowest BCUT2D eigenvalue weighted by Gasteiger charge is -2.10. The SMILES string of the molecule is Fc1ccc2c(CNC3CCCC3)coc2c1. The zero-order valence-electron chi connectivity index (χ0n) is 9.71. The quantitative estimate of drug-likeness (QED) is 0.876. The van der Waals surface area contributed by atoms with Crippen LogP contribution in [-0.2, 0) is 6.54 Å². The van der Waals surface area contributed by atoms with Crippen LogP contribution in [0.1, 0.15) is 31.2 Å². The fraction of sp³-hybridized carbons (Fsp3) is 0.429. The smallest absolute Gasteiger partial charge is 0.137 e. The maximum atomic E-state index is 13.0. The fourth-order valence-electron chi connectivity index (χ4n) is 2.58. The number of nitrogens with one attached hydrogen (secondary N) is 1. The number of fused-ring (bicyclic) bond motifs is 1. The van der Waals surface area contributed by atoms with Crippen LogP contribution in [0.3, 0.4) is 0 Å². The van der Waals surface area contributed by atoms with Gasteiger partial charge >= 0.3 is 0 Å². The van der Waals surface area contributed by atoms with Crippen molar-refractivity contribution in [2.24, 2.45) is 0 Å². The van der Waals surface area contributed by atoms with E-state index in [9.17, 15) is 4.39 Å². The van der Waals surface area contributed by atoms with E-state index in [0.717, 1.165) is 17.5 Å². The summed E-state index contributed by atoms with van der Waals surface area (Å²) in [6, 6.07) is 5.35. The zero-order chi connectivity index (χ0) is 11.7. The highest BCUT2D eigenvalue weighted by molar-refractivity contribution is 5.80. The molecule has 1 heterocycles. The molecule has 2 aromatic rings. The first-order valence-corrected chi connectivity index (χ1v) is 6.22. The molecule has 3 rings (SSSR count). The highest BCUT2D eigenvalue weighted by Crippen LogP contribution is 2.23. The van der Waals surface area contributed by atoms with E-state index in [1.165, 1.54) is 37.8 Å². The van der Waals surface area contributed by atoms with Crippen molar-refractivity contribution in [3.8, 4) is 0 Å². The van der Waals surface area contributed by atoms with E-state index in [2.05, 4.69) is 5.32 Å². The average Bonchev–Trinajstić information content (AvgIpc) is 2.94. The number of hydrogen-bond acceptors (Lipinski definition) is 2. The minimum Gasteiger partial charge on any atom is -0.464 e. The third-order valence-corrected chi connectivity index (χ3v) is 3.55. The van der Waals surface area contributed by atoms with Gasteiger partial charge in [-0.3, -0.25) is 0 Å². The van der Waals surface area contributed by atoms with Crippen molar-refractivity contribution >= 4 is 11.0 Å².